The standard InChI is InChI=1S/C17H24O4/c1-4-10-20-16-8-7-14(13-17(16)21-11-5-2)15(18)9-12-19-6-3/h7-9,12-13H,4-6,10-11H2,1-3H3. The molecule has 4 nitrogen and oxygen atoms in total. The van der Waals surface area contributed by atoms with Crippen molar-refractivity contribution in [3.8, 4) is 11.5 Å². The minimum atomic E-state index is -0.119. The van der Waals surface area contributed by atoms with Crippen LogP contribution in [0.15, 0.2) is 30.5 Å². The number of carbonyl (C=O) groups is 1. The van der Waals surface area contributed by atoms with E-state index in [9.17, 15) is 4.79 Å². The van der Waals surface area contributed by atoms with Crippen molar-refractivity contribution in [1.82, 2.24) is 0 Å². The van der Waals surface area contributed by atoms with Crippen LogP contribution in [0.25, 0.3) is 0 Å². The van der Waals surface area contributed by atoms with Crippen molar-refractivity contribution >= 4 is 5.78 Å². The highest BCUT2D eigenvalue weighted by atomic mass is 16.5. The third kappa shape index (κ3) is 5.90. The van der Waals surface area contributed by atoms with Gasteiger partial charge in [-0.05, 0) is 38.0 Å². The number of hydrogen-bond donors (Lipinski definition) is 0. The molecule has 0 aliphatic rings. The molecule has 0 spiro atoms. The smallest absolute Gasteiger partial charge is 0.189 e. The topological polar surface area (TPSA) is 44.8 Å². The van der Waals surface area contributed by atoms with Gasteiger partial charge in [-0.3, -0.25) is 4.79 Å². The molecule has 0 saturated heterocycles. The van der Waals surface area contributed by atoms with Crippen molar-refractivity contribution in [3.05, 3.63) is 36.1 Å². The molecule has 1 aromatic rings. The third-order valence-corrected chi connectivity index (χ3v) is 2.63. The van der Waals surface area contributed by atoms with Gasteiger partial charge in [-0.1, -0.05) is 13.8 Å². The summed E-state index contributed by atoms with van der Waals surface area (Å²) in [6.45, 7) is 7.70. The van der Waals surface area contributed by atoms with E-state index in [1.165, 1.54) is 12.3 Å². The van der Waals surface area contributed by atoms with E-state index in [0.29, 0.717) is 36.9 Å². The van der Waals surface area contributed by atoms with Gasteiger partial charge < -0.3 is 14.2 Å². The third-order valence-electron chi connectivity index (χ3n) is 2.63. The maximum absolute atomic E-state index is 12.0. The lowest BCUT2D eigenvalue weighted by Crippen LogP contribution is -2.03. The molecular formula is C17H24O4. The van der Waals surface area contributed by atoms with Crippen LogP contribution in [0.3, 0.4) is 0 Å². The van der Waals surface area contributed by atoms with E-state index in [4.69, 9.17) is 14.2 Å². The summed E-state index contributed by atoms with van der Waals surface area (Å²) >= 11 is 0. The molecule has 0 aromatic heterocycles. The number of ether oxygens (including phenoxy) is 3. The van der Waals surface area contributed by atoms with Crippen LogP contribution in [0.2, 0.25) is 0 Å². The Morgan fingerprint density at radius 1 is 1.05 bits per heavy atom. The Bertz CT molecular complexity index is 466. The van der Waals surface area contributed by atoms with Crippen LogP contribution in [0, 0.1) is 0 Å². The first kappa shape index (κ1) is 17.1. The van der Waals surface area contributed by atoms with Gasteiger partial charge in [0.25, 0.3) is 0 Å². The lowest BCUT2D eigenvalue weighted by atomic mass is 10.1. The molecule has 4 heteroatoms. The fourth-order valence-electron chi connectivity index (χ4n) is 1.62. The second kappa shape index (κ2) is 9.86. The van der Waals surface area contributed by atoms with E-state index in [0.717, 1.165) is 12.8 Å². The Kier molecular flexibility index (Phi) is 8.02. The molecule has 1 rings (SSSR count). The van der Waals surface area contributed by atoms with Gasteiger partial charge in [-0.25, -0.2) is 0 Å². The zero-order valence-electron chi connectivity index (χ0n) is 13.1. The number of rotatable bonds is 10. The molecule has 0 radical (unpaired) electrons. The minimum absolute atomic E-state index is 0.119. The van der Waals surface area contributed by atoms with Crippen molar-refractivity contribution in [3.63, 3.8) is 0 Å². The minimum Gasteiger partial charge on any atom is -0.501 e. The van der Waals surface area contributed by atoms with Crippen molar-refractivity contribution < 1.29 is 19.0 Å². The number of allylic oxidation sites excluding steroid dienone is 1. The first-order valence-electron chi connectivity index (χ1n) is 7.45. The molecule has 1 aromatic carbocycles. The normalized spacial score (nSPS) is 10.6. The van der Waals surface area contributed by atoms with Crippen LogP contribution in [0.4, 0.5) is 0 Å². The van der Waals surface area contributed by atoms with Crippen LogP contribution in [0.5, 0.6) is 11.5 Å². The Balaban J connectivity index is 2.88. The maximum atomic E-state index is 12.0. The van der Waals surface area contributed by atoms with E-state index >= 15 is 0 Å². The zero-order chi connectivity index (χ0) is 15.5. The fraction of sp³-hybridized carbons (Fsp3) is 0.471. The largest absolute Gasteiger partial charge is 0.501 e. The van der Waals surface area contributed by atoms with E-state index in [-0.39, 0.29) is 5.78 Å². The molecule has 0 amide bonds. The molecule has 0 fully saturated rings. The number of ketones is 1. The van der Waals surface area contributed by atoms with E-state index in [1.54, 1.807) is 18.2 Å². The molecule has 0 atom stereocenters. The van der Waals surface area contributed by atoms with E-state index in [1.807, 2.05) is 20.8 Å². The fourth-order valence-corrected chi connectivity index (χ4v) is 1.62. The summed E-state index contributed by atoms with van der Waals surface area (Å²) in [4.78, 5) is 12.0. The highest BCUT2D eigenvalue weighted by Crippen LogP contribution is 2.29. The van der Waals surface area contributed by atoms with Crippen molar-refractivity contribution in [2.45, 2.75) is 33.6 Å². The van der Waals surface area contributed by atoms with Gasteiger partial charge >= 0.3 is 0 Å². The molecular weight excluding hydrogens is 268 g/mol. The predicted octanol–water partition coefficient (Wildman–Crippen LogP) is 4.00. The molecule has 116 valence electrons. The number of carbonyl (C=O) groups excluding carboxylic acids is 1. The Labute approximate surface area is 126 Å². The zero-order valence-corrected chi connectivity index (χ0v) is 13.1. The molecule has 21 heavy (non-hydrogen) atoms. The molecule has 0 aliphatic carbocycles. The Hall–Kier alpha value is -1.97. The van der Waals surface area contributed by atoms with Crippen LogP contribution >= 0.6 is 0 Å². The highest BCUT2D eigenvalue weighted by molar-refractivity contribution is 6.04. The summed E-state index contributed by atoms with van der Waals surface area (Å²) < 4.78 is 16.3. The lowest BCUT2D eigenvalue weighted by molar-refractivity contribution is 0.104. The molecule has 0 heterocycles. The average molecular weight is 292 g/mol. The van der Waals surface area contributed by atoms with Gasteiger partial charge in [-0.15, -0.1) is 0 Å². The summed E-state index contributed by atoms with van der Waals surface area (Å²) in [6.07, 6.45) is 4.64. The van der Waals surface area contributed by atoms with Crippen LogP contribution in [0.1, 0.15) is 44.0 Å². The molecule has 0 aliphatic heterocycles. The monoisotopic (exact) mass is 292 g/mol. The van der Waals surface area contributed by atoms with Crippen molar-refractivity contribution in [2.75, 3.05) is 19.8 Å². The second-order valence-electron chi connectivity index (χ2n) is 4.48. The van der Waals surface area contributed by atoms with Crippen LogP contribution in [-0.4, -0.2) is 25.6 Å². The van der Waals surface area contributed by atoms with Crippen molar-refractivity contribution in [2.24, 2.45) is 0 Å². The maximum Gasteiger partial charge on any atom is 0.189 e. The first-order valence-corrected chi connectivity index (χ1v) is 7.45. The van der Waals surface area contributed by atoms with Gasteiger partial charge in [0.15, 0.2) is 17.3 Å². The SMILES string of the molecule is CCCOc1ccc(C(=O)C=COCC)cc1OCCC. The van der Waals surface area contributed by atoms with Crippen LogP contribution in [-0.2, 0) is 4.74 Å². The first-order chi connectivity index (χ1) is 10.2. The molecule has 0 bridgehead atoms. The van der Waals surface area contributed by atoms with Gasteiger partial charge in [0, 0.05) is 11.6 Å². The van der Waals surface area contributed by atoms with Gasteiger partial charge in [0.1, 0.15) is 0 Å². The summed E-state index contributed by atoms with van der Waals surface area (Å²) in [7, 11) is 0. The Morgan fingerprint density at radius 3 is 2.33 bits per heavy atom. The second-order valence-corrected chi connectivity index (χ2v) is 4.48. The number of hydrogen-bond acceptors (Lipinski definition) is 4. The van der Waals surface area contributed by atoms with Crippen molar-refractivity contribution in [1.29, 1.82) is 0 Å². The van der Waals surface area contributed by atoms with Gasteiger partial charge in [0.05, 0.1) is 26.1 Å². The van der Waals surface area contributed by atoms with E-state index in [2.05, 4.69) is 0 Å². The average Bonchev–Trinajstić information content (AvgIpc) is 2.51. The summed E-state index contributed by atoms with van der Waals surface area (Å²) in [6, 6.07) is 5.24. The van der Waals surface area contributed by atoms with Gasteiger partial charge in [-0.2, -0.15) is 0 Å². The van der Waals surface area contributed by atoms with Gasteiger partial charge in [0.2, 0.25) is 0 Å². The molecule has 0 N–H and O–H groups in total. The van der Waals surface area contributed by atoms with E-state index < -0.39 is 0 Å². The predicted molar refractivity (Wildman–Crippen MR) is 83.1 cm³/mol. The molecule has 0 unspecified atom stereocenters. The summed E-state index contributed by atoms with van der Waals surface area (Å²) in [5.74, 6) is 1.17. The summed E-state index contributed by atoms with van der Waals surface area (Å²) in [5, 5.41) is 0. The lowest BCUT2D eigenvalue weighted by Gasteiger charge is -2.12. The Morgan fingerprint density at radius 2 is 1.71 bits per heavy atom. The summed E-state index contributed by atoms with van der Waals surface area (Å²) in [5.41, 5.74) is 0.556. The number of benzene rings is 1. The molecule has 0 saturated carbocycles. The highest BCUT2D eigenvalue weighted by Gasteiger charge is 2.10. The quantitative estimate of drug-likeness (QED) is 0.371. The van der Waals surface area contributed by atoms with Crippen LogP contribution < -0.4 is 9.47 Å².